The highest BCUT2D eigenvalue weighted by atomic mass is 19.3. The van der Waals surface area contributed by atoms with Crippen molar-refractivity contribution in [2.24, 2.45) is 0 Å². The van der Waals surface area contributed by atoms with Gasteiger partial charge in [-0.25, -0.2) is 13.6 Å². The van der Waals surface area contributed by atoms with Crippen molar-refractivity contribution >= 4 is 5.97 Å². The molecule has 0 bridgehead atoms. The summed E-state index contributed by atoms with van der Waals surface area (Å²) in [4.78, 5) is 9.81. The molecule has 66 valence electrons. The number of ether oxygens (including phenoxy) is 1. The van der Waals surface area contributed by atoms with Crippen molar-refractivity contribution in [1.82, 2.24) is 0 Å². The van der Waals surface area contributed by atoms with Gasteiger partial charge in [-0.1, -0.05) is 0 Å². The predicted molar refractivity (Wildman–Crippen MR) is 33.7 cm³/mol. The van der Waals surface area contributed by atoms with Crippen LogP contribution >= 0.6 is 0 Å². The lowest BCUT2D eigenvalue weighted by atomic mass is 10.3. The molecule has 1 N–H and O–H groups in total. The first-order chi connectivity index (χ1) is 4.92. The maximum absolute atomic E-state index is 12.0. The molecular weight excluding hydrogens is 158 g/mol. The van der Waals surface area contributed by atoms with E-state index in [0.717, 1.165) is 6.92 Å². The second kappa shape index (κ2) is 4.23. The van der Waals surface area contributed by atoms with Crippen molar-refractivity contribution in [3.63, 3.8) is 0 Å². The second-order valence-electron chi connectivity index (χ2n) is 2.27. The first kappa shape index (κ1) is 10.3. The van der Waals surface area contributed by atoms with Gasteiger partial charge >= 0.3 is 5.97 Å². The summed E-state index contributed by atoms with van der Waals surface area (Å²) in [5.41, 5.74) is 0. The molecule has 0 spiro atoms. The van der Waals surface area contributed by atoms with Gasteiger partial charge in [-0.2, -0.15) is 0 Å². The van der Waals surface area contributed by atoms with E-state index in [4.69, 9.17) is 5.11 Å². The molecule has 0 saturated carbocycles. The second-order valence-corrected chi connectivity index (χ2v) is 2.27. The fourth-order valence-electron chi connectivity index (χ4n) is 0.411. The summed E-state index contributed by atoms with van der Waals surface area (Å²) in [7, 11) is 0. The molecule has 0 heterocycles. The van der Waals surface area contributed by atoms with Crippen molar-refractivity contribution in [3.05, 3.63) is 0 Å². The van der Waals surface area contributed by atoms with Crippen molar-refractivity contribution in [2.45, 2.75) is 19.3 Å². The normalized spacial score (nSPS) is 11.5. The lowest BCUT2D eigenvalue weighted by molar-refractivity contribution is -0.143. The summed E-state index contributed by atoms with van der Waals surface area (Å²) in [6, 6.07) is 0. The van der Waals surface area contributed by atoms with Crippen molar-refractivity contribution in [1.29, 1.82) is 0 Å². The van der Waals surface area contributed by atoms with Gasteiger partial charge in [-0.3, -0.25) is 0 Å². The highest BCUT2D eigenvalue weighted by molar-refractivity contribution is 5.67. The van der Waals surface area contributed by atoms with Gasteiger partial charge in [0.1, 0.15) is 6.61 Å². The van der Waals surface area contributed by atoms with Crippen LogP contribution in [0.25, 0.3) is 0 Å². The molecule has 0 atom stereocenters. The minimum atomic E-state index is -2.78. The van der Waals surface area contributed by atoms with Crippen LogP contribution in [0.15, 0.2) is 0 Å². The topological polar surface area (TPSA) is 46.5 Å². The molecule has 0 saturated heterocycles. The lowest BCUT2D eigenvalue weighted by Crippen LogP contribution is -2.15. The number of carboxylic acid groups (broad SMARTS) is 1. The zero-order valence-corrected chi connectivity index (χ0v) is 6.14. The van der Waals surface area contributed by atoms with E-state index in [1.165, 1.54) is 0 Å². The van der Waals surface area contributed by atoms with Crippen LogP contribution in [0.5, 0.6) is 0 Å². The van der Waals surface area contributed by atoms with Gasteiger partial charge in [0, 0.05) is 6.42 Å². The minimum absolute atomic E-state index is 0.226. The Morgan fingerprint density at radius 1 is 1.64 bits per heavy atom. The van der Waals surface area contributed by atoms with E-state index in [-0.39, 0.29) is 6.61 Å². The zero-order chi connectivity index (χ0) is 8.91. The van der Waals surface area contributed by atoms with Crippen molar-refractivity contribution in [3.8, 4) is 0 Å². The Hall–Kier alpha value is -0.710. The van der Waals surface area contributed by atoms with Crippen LogP contribution in [0.1, 0.15) is 13.3 Å². The van der Waals surface area contributed by atoms with Gasteiger partial charge < -0.3 is 9.84 Å². The van der Waals surface area contributed by atoms with Crippen LogP contribution in [0.4, 0.5) is 8.78 Å². The monoisotopic (exact) mass is 168 g/mol. The summed E-state index contributed by atoms with van der Waals surface area (Å²) in [5.74, 6) is -3.93. The first-order valence-corrected chi connectivity index (χ1v) is 3.09. The van der Waals surface area contributed by atoms with Crippen molar-refractivity contribution < 1.29 is 23.4 Å². The van der Waals surface area contributed by atoms with Gasteiger partial charge in [-0.15, -0.1) is 0 Å². The molecule has 0 aliphatic carbocycles. The van der Waals surface area contributed by atoms with E-state index in [2.05, 4.69) is 4.74 Å². The van der Waals surface area contributed by atoms with Crippen LogP contribution in [-0.2, 0) is 9.53 Å². The van der Waals surface area contributed by atoms with E-state index in [1.807, 2.05) is 0 Å². The predicted octanol–water partition coefficient (Wildman–Crippen LogP) is 1.13. The summed E-state index contributed by atoms with van der Waals surface area (Å²) in [5, 5.41) is 8.03. The molecule has 0 fully saturated rings. The zero-order valence-electron chi connectivity index (χ0n) is 6.14. The largest absolute Gasteiger partial charge is 0.480 e. The van der Waals surface area contributed by atoms with E-state index in [0.29, 0.717) is 0 Å². The molecule has 11 heavy (non-hydrogen) atoms. The molecule has 0 radical (unpaired) electrons. The van der Waals surface area contributed by atoms with Crippen LogP contribution in [0, 0.1) is 0 Å². The van der Waals surface area contributed by atoms with Gasteiger partial charge in [-0.05, 0) is 6.92 Å². The molecule has 5 heteroatoms. The number of halogens is 2. The highest BCUT2D eigenvalue weighted by Crippen LogP contribution is 2.15. The molecular formula is C6H10F2O3. The molecule has 0 rings (SSSR count). The van der Waals surface area contributed by atoms with Crippen LogP contribution in [-0.4, -0.2) is 30.2 Å². The summed E-state index contributed by atoms with van der Waals surface area (Å²) in [6.07, 6.45) is -0.444. The Kier molecular flexibility index (Phi) is 3.95. The van der Waals surface area contributed by atoms with Gasteiger partial charge in [0.2, 0.25) is 5.92 Å². The quantitative estimate of drug-likeness (QED) is 0.626. The smallest absolute Gasteiger partial charge is 0.329 e. The Morgan fingerprint density at radius 2 is 2.18 bits per heavy atom. The van der Waals surface area contributed by atoms with E-state index >= 15 is 0 Å². The molecule has 0 unspecified atom stereocenters. The summed E-state index contributed by atoms with van der Waals surface area (Å²) < 4.78 is 28.4. The Bertz CT molecular complexity index is 130. The first-order valence-electron chi connectivity index (χ1n) is 3.09. The average Bonchev–Trinajstić information content (AvgIpc) is 1.78. The third kappa shape index (κ3) is 9.29. The summed E-state index contributed by atoms with van der Waals surface area (Å²) in [6.45, 7) is 0.0169. The van der Waals surface area contributed by atoms with E-state index < -0.39 is 24.9 Å². The Morgan fingerprint density at radius 3 is 2.55 bits per heavy atom. The lowest BCUT2D eigenvalue weighted by Gasteiger charge is -2.08. The SMILES string of the molecule is CC(F)(F)CCOCC(=O)O. The standard InChI is InChI=1S/C6H10F2O3/c1-6(7,8)2-3-11-4-5(9)10/h2-4H2,1H3,(H,9,10). The minimum Gasteiger partial charge on any atom is -0.480 e. The van der Waals surface area contributed by atoms with Crippen LogP contribution in [0.3, 0.4) is 0 Å². The fourth-order valence-corrected chi connectivity index (χ4v) is 0.411. The number of rotatable bonds is 5. The Labute approximate surface area is 63.0 Å². The molecule has 0 aliphatic heterocycles. The van der Waals surface area contributed by atoms with Crippen LogP contribution < -0.4 is 0 Å². The number of aliphatic carboxylic acids is 1. The molecule has 0 aromatic carbocycles. The third-order valence-electron chi connectivity index (χ3n) is 0.911. The summed E-state index contributed by atoms with van der Waals surface area (Å²) >= 11 is 0. The van der Waals surface area contributed by atoms with E-state index in [1.54, 1.807) is 0 Å². The number of alkyl halides is 2. The number of hydrogen-bond donors (Lipinski definition) is 1. The molecule has 0 amide bonds. The van der Waals surface area contributed by atoms with Gasteiger partial charge in [0.05, 0.1) is 6.61 Å². The maximum atomic E-state index is 12.0. The molecule has 3 nitrogen and oxygen atoms in total. The number of carbonyl (C=O) groups is 1. The number of hydrogen-bond acceptors (Lipinski definition) is 2. The fraction of sp³-hybridized carbons (Fsp3) is 0.833. The molecule has 0 aromatic rings. The van der Waals surface area contributed by atoms with Gasteiger partial charge in [0.15, 0.2) is 0 Å². The van der Waals surface area contributed by atoms with Gasteiger partial charge in [0.25, 0.3) is 0 Å². The average molecular weight is 168 g/mol. The third-order valence-corrected chi connectivity index (χ3v) is 0.911. The van der Waals surface area contributed by atoms with Crippen molar-refractivity contribution in [2.75, 3.05) is 13.2 Å². The molecule has 0 aromatic heterocycles. The molecule has 0 aliphatic rings. The van der Waals surface area contributed by atoms with Crippen LogP contribution in [0.2, 0.25) is 0 Å². The highest BCUT2D eigenvalue weighted by Gasteiger charge is 2.20. The Balaban J connectivity index is 3.22. The van der Waals surface area contributed by atoms with E-state index in [9.17, 15) is 13.6 Å². The number of carboxylic acids is 1. The maximum Gasteiger partial charge on any atom is 0.329 e.